The third-order valence-corrected chi connectivity index (χ3v) is 10.6. The summed E-state index contributed by atoms with van der Waals surface area (Å²) < 4.78 is 53.2. The Balaban J connectivity index is 1.84. The standard InChI is InChI=1S/C36H38Cl2FN3O8S/c1-6-15-49-34(46)42-28-17-22(38)10-13-26(28)36(33(42)45)27(19-30(43)40-31(36)24-18-23(39)12-9-20(24)4)25-16-21(37)11-14-29(25)50-35(7-2,8-3)32(44)41-51(5,47)48/h9-14,16-18,27,31H,6-8,15,19H2,1-5H3,(H,40,43)(H,41,44)/t27-,31+,36-/m1/s1. The minimum atomic E-state index is -3.98. The van der Waals surface area contributed by atoms with E-state index in [1.165, 1.54) is 42.5 Å². The summed E-state index contributed by atoms with van der Waals surface area (Å²) in [7, 11) is -3.98. The van der Waals surface area contributed by atoms with Crippen LogP contribution in [0.4, 0.5) is 14.9 Å². The predicted octanol–water partition coefficient (Wildman–Crippen LogP) is 6.63. The first-order chi connectivity index (χ1) is 24.0. The number of benzene rings is 3. The van der Waals surface area contributed by atoms with Crippen LogP contribution in [-0.4, -0.2) is 50.7 Å². The molecule has 272 valence electrons. The van der Waals surface area contributed by atoms with Crippen molar-refractivity contribution in [2.75, 3.05) is 17.8 Å². The van der Waals surface area contributed by atoms with Crippen LogP contribution in [0.15, 0.2) is 54.6 Å². The van der Waals surface area contributed by atoms with Gasteiger partial charge in [-0.15, -0.1) is 0 Å². The number of nitrogens with zero attached hydrogens (tertiary/aromatic N) is 1. The molecule has 3 aromatic rings. The number of fused-ring (bicyclic) bond motifs is 2. The van der Waals surface area contributed by atoms with Gasteiger partial charge in [0.25, 0.3) is 5.91 Å². The minimum Gasteiger partial charge on any atom is -0.477 e. The fraction of sp³-hybridized carbons (Fsp3) is 0.389. The number of anilines is 1. The molecule has 15 heteroatoms. The van der Waals surface area contributed by atoms with Gasteiger partial charge in [-0.1, -0.05) is 56.1 Å². The van der Waals surface area contributed by atoms with Gasteiger partial charge in [0.05, 0.1) is 24.6 Å². The van der Waals surface area contributed by atoms with Crippen molar-refractivity contribution >= 4 is 62.7 Å². The van der Waals surface area contributed by atoms with E-state index in [4.69, 9.17) is 32.7 Å². The number of nitrogens with one attached hydrogen (secondary N) is 2. The van der Waals surface area contributed by atoms with Crippen LogP contribution in [0.1, 0.15) is 80.7 Å². The maximum absolute atomic E-state index is 15.3. The lowest BCUT2D eigenvalue weighted by Gasteiger charge is -2.47. The summed E-state index contributed by atoms with van der Waals surface area (Å²) in [4.78, 5) is 57.2. The van der Waals surface area contributed by atoms with Crippen molar-refractivity contribution in [1.29, 1.82) is 0 Å². The van der Waals surface area contributed by atoms with Crippen LogP contribution in [0.2, 0.25) is 10.0 Å². The Kier molecular flexibility index (Phi) is 10.8. The number of sulfonamides is 1. The largest absolute Gasteiger partial charge is 0.477 e. The van der Waals surface area contributed by atoms with Gasteiger partial charge >= 0.3 is 6.09 Å². The molecular weight excluding hydrogens is 724 g/mol. The molecule has 2 N–H and O–H groups in total. The number of ether oxygens (including phenoxy) is 2. The van der Waals surface area contributed by atoms with Gasteiger partial charge in [0.2, 0.25) is 21.8 Å². The maximum atomic E-state index is 15.3. The number of imide groups is 1. The second-order valence-corrected chi connectivity index (χ2v) is 15.4. The number of carbonyl (C=O) groups excluding carboxylic acids is 4. The summed E-state index contributed by atoms with van der Waals surface area (Å²) in [6, 6.07) is 11.8. The molecular formula is C36H38Cl2FN3O8S. The number of hydrogen-bond acceptors (Lipinski definition) is 8. The SMILES string of the molecule is CCCOC(=O)N1C(=O)[C@]2(c3ccc(Cl)cc31)[C@@H](c1cc(Cl)ccc1OC(CC)(CC)C(=O)NS(C)(=O)=O)CC(=O)N[C@H]2c1cc(F)ccc1C. The molecule has 0 aliphatic carbocycles. The van der Waals surface area contributed by atoms with Gasteiger partial charge in [-0.05, 0) is 85.3 Å². The van der Waals surface area contributed by atoms with Crippen LogP contribution in [-0.2, 0) is 34.6 Å². The molecule has 51 heavy (non-hydrogen) atoms. The highest BCUT2D eigenvalue weighted by atomic mass is 35.5. The van der Waals surface area contributed by atoms with E-state index in [0.29, 0.717) is 17.5 Å². The highest BCUT2D eigenvalue weighted by Crippen LogP contribution is 2.61. The molecule has 0 unspecified atom stereocenters. The molecule has 1 saturated heterocycles. The minimum absolute atomic E-state index is 0.00997. The Hall–Kier alpha value is -4.20. The first-order valence-corrected chi connectivity index (χ1v) is 19.0. The molecule has 1 spiro atoms. The third-order valence-electron chi connectivity index (χ3n) is 9.55. The van der Waals surface area contributed by atoms with Gasteiger partial charge < -0.3 is 14.8 Å². The molecule has 0 radical (unpaired) electrons. The highest BCUT2D eigenvalue weighted by molar-refractivity contribution is 7.89. The Morgan fingerprint density at radius 1 is 1.02 bits per heavy atom. The van der Waals surface area contributed by atoms with E-state index in [1.807, 2.05) is 4.72 Å². The summed E-state index contributed by atoms with van der Waals surface area (Å²) in [5.41, 5.74) is -2.13. The van der Waals surface area contributed by atoms with Crippen LogP contribution < -0.4 is 19.7 Å². The fourth-order valence-corrected chi connectivity index (χ4v) is 7.97. The second-order valence-electron chi connectivity index (χ2n) is 12.7. The summed E-state index contributed by atoms with van der Waals surface area (Å²) >= 11 is 13.0. The lowest BCUT2D eigenvalue weighted by atomic mass is 9.58. The van der Waals surface area contributed by atoms with Gasteiger partial charge in [-0.3, -0.25) is 14.4 Å². The first-order valence-electron chi connectivity index (χ1n) is 16.4. The monoisotopic (exact) mass is 761 g/mol. The quantitative estimate of drug-likeness (QED) is 0.234. The van der Waals surface area contributed by atoms with Crippen molar-refractivity contribution in [3.63, 3.8) is 0 Å². The molecule has 3 aromatic carbocycles. The molecule has 4 amide bonds. The zero-order valence-electron chi connectivity index (χ0n) is 28.6. The van der Waals surface area contributed by atoms with Crippen LogP contribution in [0.25, 0.3) is 0 Å². The Bertz CT molecular complexity index is 2020. The van der Waals surface area contributed by atoms with E-state index in [9.17, 15) is 22.8 Å². The van der Waals surface area contributed by atoms with Crippen molar-refractivity contribution in [1.82, 2.24) is 10.0 Å². The molecule has 11 nitrogen and oxygen atoms in total. The second kappa shape index (κ2) is 14.4. The maximum Gasteiger partial charge on any atom is 0.421 e. The molecule has 1 fully saturated rings. The summed E-state index contributed by atoms with van der Waals surface area (Å²) in [6.07, 6.45) is 0.0762. The topological polar surface area (TPSA) is 148 Å². The normalized spacial score (nSPS) is 20.2. The number of aryl methyl sites for hydroxylation is 1. The average molecular weight is 763 g/mol. The van der Waals surface area contributed by atoms with Crippen LogP contribution in [0, 0.1) is 12.7 Å². The molecule has 2 heterocycles. The van der Waals surface area contributed by atoms with Crippen molar-refractivity contribution in [2.24, 2.45) is 0 Å². The highest BCUT2D eigenvalue weighted by Gasteiger charge is 2.65. The average Bonchev–Trinajstić information content (AvgIpc) is 3.31. The third kappa shape index (κ3) is 6.91. The van der Waals surface area contributed by atoms with E-state index in [2.05, 4.69) is 5.32 Å². The molecule has 0 saturated carbocycles. The molecule has 2 aliphatic heterocycles. The van der Waals surface area contributed by atoms with E-state index in [0.717, 1.165) is 11.2 Å². The van der Waals surface area contributed by atoms with E-state index >= 15 is 9.18 Å². The van der Waals surface area contributed by atoms with Gasteiger partial charge in [-0.25, -0.2) is 27.2 Å². The van der Waals surface area contributed by atoms with Gasteiger partial charge in [0.1, 0.15) is 17.0 Å². The van der Waals surface area contributed by atoms with Crippen molar-refractivity contribution < 1.29 is 41.5 Å². The summed E-state index contributed by atoms with van der Waals surface area (Å²) in [5, 5.41) is 3.33. The Morgan fingerprint density at radius 3 is 2.33 bits per heavy atom. The van der Waals surface area contributed by atoms with Gasteiger partial charge in [-0.2, -0.15) is 0 Å². The van der Waals surface area contributed by atoms with Crippen LogP contribution >= 0.6 is 23.2 Å². The fourth-order valence-electron chi connectivity index (χ4n) is 7.10. The van der Waals surface area contributed by atoms with E-state index < -0.39 is 62.6 Å². The lowest BCUT2D eigenvalue weighted by molar-refractivity contribution is -0.136. The number of piperidine rings is 1. The number of hydrogen-bond donors (Lipinski definition) is 2. The van der Waals surface area contributed by atoms with Crippen LogP contribution in [0.3, 0.4) is 0 Å². The Labute approximate surface area is 305 Å². The molecule has 2 aliphatic rings. The lowest BCUT2D eigenvalue weighted by Crippen LogP contribution is -2.59. The molecule has 3 atom stereocenters. The van der Waals surface area contributed by atoms with Crippen molar-refractivity contribution in [3.8, 4) is 5.75 Å². The van der Waals surface area contributed by atoms with E-state index in [1.54, 1.807) is 39.8 Å². The number of halogens is 3. The Morgan fingerprint density at radius 2 is 1.69 bits per heavy atom. The zero-order valence-corrected chi connectivity index (χ0v) is 31.0. The van der Waals surface area contributed by atoms with E-state index in [-0.39, 0.29) is 58.5 Å². The summed E-state index contributed by atoms with van der Waals surface area (Å²) in [6.45, 7) is 6.82. The first kappa shape index (κ1) is 38.0. The molecule has 5 rings (SSSR count). The van der Waals surface area contributed by atoms with Gasteiger partial charge in [0, 0.05) is 27.9 Å². The predicted molar refractivity (Wildman–Crippen MR) is 190 cm³/mol. The zero-order chi connectivity index (χ0) is 37.5. The molecule has 0 aromatic heterocycles. The van der Waals surface area contributed by atoms with Gasteiger partial charge in [0.15, 0.2) is 5.60 Å². The number of carbonyl (C=O) groups is 4. The smallest absolute Gasteiger partial charge is 0.421 e. The number of rotatable bonds is 10. The molecule has 0 bridgehead atoms. The van der Waals surface area contributed by atoms with Crippen molar-refractivity contribution in [2.45, 2.75) is 76.4 Å². The van der Waals surface area contributed by atoms with Crippen LogP contribution in [0.5, 0.6) is 5.75 Å². The number of amides is 4. The van der Waals surface area contributed by atoms with Crippen molar-refractivity contribution in [3.05, 3.63) is 92.7 Å². The summed E-state index contributed by atoms with van der Waals surface area (Å²) in [5.74, 6) is -3.95.